The van der Waals surface area contributed by atoms with Crippen LogP contribution in [0.25, 0.3) is 0 Å². The van der Waals surface area contributed by atoms with E-state index in [2.05, 4.69) is 0 Å². The van der Waals surface area contributed by atoms with Gasteiger partial charge >= 0.3 is 5.97 Å². The largest absolute Gasteiger partial charge is 0.467 e. The maximum absolute atomic E-state index is 12.5. The van der Waals surface area contributed by atoms with Gasteiger partial charge in [-0.15, -0.1) is 0 Å². The SMILES string of the molecule is COC(=O)C1CCCCN1C(=O)C1CCCC1N. The molecule has 2 aliphatic rings. The predicted molar refractivity (Wildman–Crippen MR) is 66.7 cm³/mol. The highest BCUT2D eigenvalue weighted by molar-refractivity contribution is 5.86. The molecule has 2 fully saturated rings. The number of rotatable bonds is 2. The molecule has 0 spiro atoms. The molecule has 5 nitrogen and oxygen atoms in total. The Morgan fingerprint density at radius 3 is 2.56 bits per heavy atom. The third-order valence-corrected chi connectivity index (χ3v) is 4.15. The zero-order valence-corrected chi connectivity index (χ0v) is 10.9. The van der Waals surface area contributed by atoms with Crippen LogP contribution in [-0.4, -0.2) is 42.5 Å². The van der Waals surface area contributed by atoms with Crippen molar-refractivity contribution in [2.75, 3.05) is 13.7 Å². The Morgan fingerprint density at radius 2 is 1.94 bits per heavy atom. The quantitative estimate of drug-likeness (QED) is 0.735. The van der Waals surface area contributed by atoms with E-state index in [1.54, 1.807) is 4.90 Å². The molecule has 3 atom stereocenters. The first-order valence-electron chi connectivity index (χ1n) is 6.79. The van der Waals surface area contributed by atoms with Gasteiger partial charge in [0.25, 0.3) is 0 Å². The van der Waals surface area contributed by atoms with Crippen molar-refractivity contribution in [1.29, 1.82) is 0 Å². The van der Waals surface area contributed by atoms with Gasteiger partial charge in [0.15, 0.2) is 0 Å². The van der Waals surface area contributed by atoms with Gasteiger partial charge in [0.05, 0.1) is 13.0 Å². The number of hydrogen-bond donors (Lipinski definition) is 1. The minimum atomic E-state index is -0.399. The zero-order chi connectivity index (χ0) is 13.1. The molecule has 2 N–H and O–H groups in total. The topological polar surface area (TPSA) is 72.6 Å². The van der Waals surface area contributed by atoms with Gasteiger partial charge in [-0.05, 0) is 32.1 Å². The van der Waals surface area contributed by atoms with Crippen molar-refractivity contribution >= 4 is 11.9 Å². The van der Waals surface area contributed by atoms with E-state index in [4.69, 9.17) is 10.5 Å². The van der Waals surface area contributed by atoms with Crippen LogP contribution in [-0.2, 0) is 14.3 Å². The lowest BCUT2D eigenvalue weighted by Crippen LogP contribution is -2.52. The van der Waals surface area contributed by atoms with Crippen LogP contribution in [0.15, 0.2) is 0 Å². The summed E-state index contributed by atoms with van der Waals surface area (Å²) in [6.07, 6.45) is 5.41. The first kappa shape index (κ1) is 13.3. The number of ether oxygens (including phenoxy) is 1. The number of amides is 1. The maximum atomic E-state index is 12.5. The number of piperidine rings is 1. The molecule has 1 amide bonds. The van der Waals surface area contributed by atoms with Crippen LogP contribution in [0.4, 0.5) is 0 Å². The van der Waals surface area contributed by atoms with E-state index in [9.17, 15) is 9.59 Å². The van der Waals surface area contributed by atoms with Crippen molar-refractivity contribution in [2.24, 2.45) is 11.7 Å². The fraction of sp³-hybridized carbons (Fsp3) is 0.846. The number of hydrogen-bond acceptors (Lipinski definition) is 4. The van der Waals surface area contributed by atoms with Crippen molar-refractivity contribution in [2.45, 2.75) is 50.6 Å². The van der Waals surface area contributed by atoms with Gasteiger partial charge in [0.1, 0.15) is 6.04 Å². The number of methoxy groups -OCH3 is 1. The van der Waals surface area contributed by atoms with E-state index >= 15 is 0 Å². The van der Waals surface area contributed by atoms with Gasteiger partial charge in [-0.2, -0.15) is 0 Å². The Hall–Kier alpha value is -1.10. The summed E-state index contributed by atoms with van der Waals surface area (Å²) < 4.78 is 4.80. The van der Waals surface area contributed by atoms with Crippen LogP contribution in [0.3, 0.4) is 0 Å². The van der Waals surface area contributed by atoms with Gasteiger partial charge in [-0.25, -0.2) is 4.79 Å². The highest BCUT2D eigenvalue weighted by Crippen LogP contribution is 2.29. The van der Waals surface area contributed by atoms with Gasteiger partial charge in [-0.3, -0.25) is 4.79 Å². The van der Waals surface area contributed by atoms with Crippen molar-refractivity contribution in [3.8, 4) is 0 Å². The van der Waals surface area contributed by atoms with Crippen molar-refractivity contribution in [3.05, 3.63) is 0 Å². The Labute approximate surface area is 108 Å². The first-order chi connectivity index (χ1) is 8.65. The van der Waals surface area contributed by atoms with Crippen LogP contribution < -0.4 is 5.73 Å². The zero-order valence-electron chi connectivity index (χ0n) is 10.9. The molecular formula is C13H22N2O3. The Kier molecular flexibility index (Phi) is 4.22. The van der Waals surface area contributed by atoms with Gasteiger partial charge in [0.2, 0.25) is 5.91 Å². The van der Waals surface area contributed by atoms with E-state index in [0.29, 0.717) is 13.0 Å². The molecule has 0 radical (unpaired) electrons. The predicted octanol–water partition coefficient (Wildman–Crippen LogP) is 0.668. The third kappa shape index (κ3) is 2.51. The van der Waals surface area contributed by atoms with Crippen LogP contribution >= 0.6 is 0 Å². The summed E-state index contributed by atoms with van der Waals surface area (Å²) in [5, 5.41) is 0. The molecule has 0 bridgehead atoms. The van der Waals surface area contributed by atoms with Gasteiger partial charge < -0.3 is 15.4 Å². The summed E-state index contributed by atoms with van der Waals surface area (Å²) in [6.45, 7) is 0.655. The molecule has 1 saturated carbocycles. The standard InChI is InChI=1S/C13H22N2O3/c1-18-13(17)11-7-2-3-8-15(11)12(16)9-5-4-6-10(9)14/h9-11H,2-8,14H2,1H3. The summed E-state index contributed by atoms with van der Waals surface area (Å²) in [6, 6.07) is -0.443. The minimum absolute atomic E-state index is 0.0438. The average molecular weight is 254 g/mol. The molecule has 1 aliphatic carbocycles. The summed E-state index contributed by atoms with van der Waals surface area (Å²) in [5.74, 6) is -0.347. The second-order valence-corrected chi connectivity index (χ2v) is 5.27. The molecule has 2 rings (SSSR count). The fourth-order valence-electron chi connectivity index (χ4n) is 3.08. The highest BCUT2D eigenvalue weighted by atomic mass is 16.5. The van der Waals surface area contributed by atoms with Crippen molar-refractivity contribution in [1.82, 2.24) is 4.90 Å². The fourth-order valence-corrected chi connectivity index (χ4v) is 3.08. The molecule has 102 valence electrons. The number of esters is 1. The van der Waals surface area contributed by atoms with E-state index in [1.807, 2.05) is 0 Å². The van der Waals surface area contributed by atoms with Crippen LogP contribution in [0.5, 0.6) is 0 Å². The van der Waals surface area contributed by atoms with E-state index in [0.717, 1.165) is 32.1 Å². The van der Waals surface area contributed by atoms with Crippen molar-refractivity contribution < 1.29 is 14.3 Å². The molecule has 0 aromatic rings. The molecule has 1 heterocycles. The van der Waals surface area contributed by atoms with Crippen molar-refractivity contribution in [3.63, 3.8) is 0 Å². The maximum Gasteiger partial charge on any atom is 0.328 e. The first-order valence-corrected chi connectivity index (χ1v) is 6.79. The lowest BCUT2D eigenvalue weighted by atomic mass is 9.96. The van der Waals surface area contributed by atoms with Gasteiger partial charge in [-0.1, -0.05) is 6.42 Å². The summed E-state index contributed by atoms with van der Waals surface area (Å²) >= 11 is 0. The number of nitrogens with zero attached hydrogens (tertiary/aromatic N) is 1. The van der Waals surface area contributed by atoms with E-state index in [-0.39, 0.29) is 23.8 Å². The molecule has 5 heteroatoms. The van der Waals surface area contributed by atoms with E-state index in [1.165, 1.54) is 7.11 Å². The van der Waals surface area contributed by atoms with Gasteiger partial charge in [0, 0.05) is 12.6 Å². The molecule has 1 saturated heterocycles. The van der Waals surface area contributed by atoms with Crippen LogP contribution in [0, 0.1) is 5.92 Å². The average Bonchev–Trinajstić information content (AvgIpc) is 2.83. The summed E-state index contributed by atoms with van der Waals surface area (Å²) in [5.41, 5.74) is 5.98. The number of nitrogens with two attached hydrogens (primary N) is 1. The van der Waals surface area contributed by atoms with Crippen LogP contribution in [0.1, 0.15) is 38.5 Å². The molecule has 18 heavy (non-hydrogen) atoms. The lowest BCUT2D eigenvalue weighted by molar-refractivity contribution is -0.156. The lowest BCUT2D eigenvalue weighted by Gasteiger charge is -2.36. The Bertz CT molecular complexity index is 332. The highest BCUT2D eigenvalue weighted by Gasteiger charge is 2.39. The number of carbonyl (C=O) groups excluding carboxylic acids is 2. The second kappa shape index (κ2) is 5.69. The number of carbonyl (C=O) groups is 2. The molecule has 0 aromatic heterocycles. The molecule has 1 aliphatic heterocycles. The summed E-state index contributed by atoms with van der Waals surface area (Å²) in [7, 11) is 1.38. The molecular weight excluding hydrogens is 232 g/mol. The Balaban J connectivity index is 2.08. The summed E-state index contributed by atoms with van der Waals surface area (Å²) in [4.78, 5) is 25.9. The third-order valence-electron chi connectivity index (χ3n) is 4.15. The van der Waals surface area contributed by atoms with Crippen LogP contribution in [0.2, 0.25) is 0 Å². The smallest absolute Gasteiger partial charge is 0.328 e. The second-order valence-electron chi connectivity index (χ2n) is 5.27. The van der Waals surface area contributed by atoms with E-state index < -0.39 is 6.04 Å². The molecule has 3 unspecified atom stereocenters. The normalized spacial score (nSPS) is 32.3. The number of likely N-dealkylation sites (tertiary alicyclic amines) is 1. The monoisotopic (exact) mass is 254 g/mol. The Morgan fingerprint density at radius 1 is 1.17 bits per heavy atom. The molecule has 0 aromatic carbocycles. The minimum Gasteiger partial charge on any atom is -0.467 e.